The van der Waals surface area contributed by atoms with E-state index < -0.39 is 11.5 Å². The van der Waals surface area contributed by atoms with Gasteiger partial charge in [0.25, 0.3) is 0 Å². The van der Waals surface area contributed by atoms with Gasteiger partial charge in [0.2, 0.25) is 0 Å². The van der Waals surface area contributed by atoms with Gasteiger partial charge in [-0.1, -0.05) is 25.7 Å². The Labute approximate surface area is 104 Å². The maximum Gasteiger partial charge on any atom is 0.324 e. The van der Waals surface area contributed by atoms with Crippen LogP contribution in [0, 0.1) is 0 Å². The molecule has 0 aromatic rings. The lowest BCUT2D eigenvalue weighted by atomic mass is 9.87. The van der Waals surface area contributed by atoms with E-state index in [4.69, 9.17) is 0 Å². The molecule has 0 aromatic heterocycles. The molecule has 1 saturated carbocycles. The summed E-state index contributed by atoms with van der Waals surface area (Å²) in [6.45, 7) is 3.80. The summed E-state index contributed by atoms with van der Waals surface area (Å²) in [5, 5.41) is 9.68. The van der Waals surface area contributed by atoms with E-state index in [1.54, 1.807) is 0 Å². The highest BCUT2D eigenvalue weighted by molar-refractivity contribution is 5.78. The van der Waals surface area contributed by atoms with Crippen LogP contribution in [0.25, 0.3) is 0 Å². The zero-order chi connectivity index (χ0) is 12.3. The molecular formula is C13H24N2O2. The largest absolute Gasteiger partial charge is 0.480 e. The maximum absolute atomic E-state index is 11.8. The second kappa shape index (κ2) is 5.36. The molecular weight excluding hydrogens is 216 g/mol. The van der Waals surface area contributed by atoms with E-state index in [2.05, 4.69) is 16.8 Å². The maximum atomic E-state index is 11.8. The van der Waals surface area contributed by atoms with Gasteiger partial charge in [0.1, 0.15) is 5.54 Å². The molecule has 1 N–H and O–H groups in total. The number of nitrogens with zero attached hydrogens (tertiary/aromatic N) is 2. The summed E-state index contributed by atoms with van der Waals surface area (Å²) in [6, 6.07) is 0. The van der Waals surface area contributed by atoms with Crippen molar-refractivity contribution in [3.8, 4) is 0 Å². The second-order valence-electron chi connectivity index (χ2n) is 5.54. The number of rotatable bonds is 2. The normalized spacial score (nSPS) is 27.6. The number of likely N-dealkylation sites (N-methyl/N-ethyl adjacent to an activating group) is 1. The molecule has 17 heavy (non-hydrogen) atoms. The second-order valence-corrected chi connectivity index (χ2v) is 5.54. The number of carbonyl (C=O) groups is 1. The lowest BCUT2D eigenvalue weighted by Crippen LogP contribution is -2.60. The SMILES string of the molecule is CN1CCN(C2(C(=O)O)CCCCCC2)CC1. The first-order valence-corrected chi connectivity index (χ1v) is 6.82. The standard InChI is InChI=1S/C13H24N2O2/c1-14-8-10-15(11-9-14)13(12(16)17)6-4-2-3-5-7-13/h2-11H2,1H3,(H,16,17). The summed E-state index contributed by atoms with van der Waals surface area (Å²) in [6.07, 6.45) is 6.21. The lowest BCUT2D eigenvalue weighted by molar-refractivity contribution is -0.154. The van der Waals surface area contributed by atoms with Crippen molar-refractivity contribution >= 4 is 5.97 Å². The van der Waals surface area contributed by atoms with E-state index in [0.29, 0.717) is 0 Å². The van der Waals surface area contributed by atoms with E-state index in [1.807, 2.05) is 0 Å². The number of hydrogen-bond donors (Lipinski definition) is 1. The topological polar surface area (TPSA) is 43.8 Å². The van der Waals surface area contributed by atoms with Gasteiger partial charge in [0.05, 0.1) is 0 Å². The van der Waals surface area contributed by atoms with Crippen molar-refractivity contribution in [3.63, 3.8) is 0 Å². The molecule has 1 saturated heterocycles. The average Bonchev–Trinajstić information content (AvgIpc) is 2.56. The van der Waals surface area contributed by atoms with Crippen molar-refractivity contribution < 1.29 is 9.90 Å². The van der Waals surface area contributed by atoms with Gasteiger partial charge in [-0.2, -0.15) is 0 Å². The zero-order valence-electron chi connectivity index (χ0n) is 10.8. The summed E-state index contributed by atoms with van der Waals surface area (Å²) in [5.74, 6) is -0.594. The number of carboxylic acids is 1. The first-order valence-electron chi connectivity index (χ1n) is 6.82. The van der Waals surface area contributed by atoms with Crippen molar-refractivity contribution in [2.24, 2.45) is 0 Å². The Morgan fingerprint density at radius 2 is 1.53 bits per heavy atom. The van der Waals surface area contributed by atoms with Gasteiger partial charge in [-0.3, -0.25) is 9.69 Å². The van der Waals surface area contributed by atoms with E-state index in [0.717, 1.165) is 51.9 Å². The van der Waals surface area contributed by atoms with Crippen molar-refractivity contribution in [2.45, 2.75) is 44.1 Å². The molecule has 1 heterocycles. The third-order valence-electron chi connectivity index (χ3n) is 4.44. The molecule has 2 fully saturated rings. The molecule has 0 atom stereocenters. The molecule has 98 valence electrons. The van der Waals surface area contributed by atoms with Crippen LogP contribution < -0.4 is 0 Å². The fourth-order valence-electron chi connectivity index (χ4n) is 3.21. The molecule has 0 radical (unpaired) electrons. The summed E-state index contributed by atoms with van der Waals surface area (Å²) in [5.41, 5.74) is -0.558. The van der Waals surface area contributed by atoms with Crippen LogP contribution in [0.4, 0.5) is 0 Å². The van der Waals surface area contributed by atoms with E-state index >= 15 is 0 Å². The molecule has 0 aromatic carbocycles. The minimum atomic E-state index is -0.594. The van der Waals surface area contributed by atoms with Crippen molar-refractivity contribution in [2.75, 3.05) is 33.2 Å². The van der Waals surface area contributed by atoms with Gasteiger partial charge < -0.3 is 10.0 Å². The smallest absolute Gasteiger partial charge is 0.324 e. The van der Waals surface area contributed by atoms with Gasteiger partial charge in [0.15, 0.2) is 0 Å². The Hall–Kier alpha value is -0.610. The summed E-state index contributed by atoms with van der Waals surface area (Å²) < 4.78 is 0. The number of aliphatic carboxylic acids is 1. The Bertz CT molecular complexity index is 265. The van der Waals surface area contributed by atoms with Crippen molar-refractivity contribution in [1.82, 2.24) is 9.80 Å². The predicted octanol–water partition coefficient (Wildman–Crippen LogP) is 1.41. The molecule has 1 aliphatic heterocycles. The Morgan fingerprint density at radius 3 is 2.00 bits per heavy atom. The lowest BCUT2D eigenvalue weighted by Gasteiger charge is -2.44. The van der Waals surface area contributed by atoms with E-state index in [-0.39, 0.29) is 0 Å². The number of piperazine rings is 1. The summed E-state index contributed by atoms with van der Waals surface area (Å²) in [7, 11) is 2.11. The molecule has 0 amide bonds. The van der Waals surface area contributed by atoms with Gasteiger partial charge in [-0.15, -0.1) is 0 Å². The van der Waals surface area contributed by atoms with Crippen molar-refractivity contribution in [1.29, 1.82) is 0 Å². The zero-order valence-corrected chi connectivity index (χ0v) is 10.8. The fourth-order valence-corrected chi connectivity index (χ4v) is 3.21. The van der Waals surface area contributed by atoms with Crippen LogP contribution in [0.1, 0.15) is 38.5 Å². The fraction of sp³-hybridized carbons (Fsp3) is 0.923. The molecule has 0 bridgehead atoms. The molecule has 2 rings (SSSR count). The minimum absolute atomic E-state index is 0.558. The van der Waals surface area contributed by atoms with Gasteiger partial charge in [-0.05, 0) is 19.9 Å². The van der Waals surface area contributed by atoms with Crippen LogP contribution in [-0.4, -0.2) is 59.6 Å². The Balaban J connectivity index is 2.12. The Morgan fingerprint density at radius 1 is 1.00 bits per heavy atom. The number of hydrogen-bond acceptors (Lipinski definition) is 3. The minimum Gasteiger partial charge on any atom is -0.480 e. The molecule has 4 heteroatoms. The average molecular weight is 240 g/mol. The summed E-state index contributed by atoms with van der Waals surface area (Å²) in [4.78, 5) is 16.3. The molecule has 1 aliphatic carbocycles. The number of carboxylic acid groups (broad SMARTS) is 1. The van der Waals surface area contributed by atoms with Gasteiger partial charge in [0, 0.05) is 26.2 Å². The van der Waals surface area contributed by atoms with E-state index in [9.17, 15) is 9.90 Å². The summed E-state index contributed by atoms with van der Waals surface area (Å²) >= 11 is 0. The van der Waals surface area contributed by atoms with E-state index in [1.165, 1.54) is 12.8 Å². The Kier molecular flexibility index (Phi) is 4.05. The molecule has 2 aliphatic rings. The highest BCUT2D eigenvalue weighted by Gasteiger charge is 2.44. The van der Waals surface area contributed by atoms with Gasteiger partial charge in [-0.25, -0.2) is 0 Å². The van der Waals surface area contributed by atoms with Crippen LogP contribution in [0.5, 0.6) is 0 Å². The van der Waals surface area contributed by atoms with Crippen LogP contribution in [0.2, 0.25) is 0 Å². The van der Waals surface area contributed by atoms with Crippen LogP contribution in [0.15, 0.2) is 0 Å². The van der Waals surface area contributed by atoms with Crippen LogP contribution in [-0.2, 0) is 4.79 Å². The predicted molar refractivity (Wildman–Crippen MR) is 67.1 cm³/mol. The first kappa shape index (κ1) is 12.8. The quantitative estimate of drug-likeness (QED) is 0.741. The highest BCUT2D eigenvalue weighted by Crippen LogP contribution is 2.33. The molecule has 4 nitrogen and oxygen atoms in total. The van der Waals surface area contributed by atoms with Crippen molar-refractivity contribution in [3.05, 3.63) is 0 Å². The highest BCUT2D eigenvalue weighted by atomic mass is 16.4. The molecule has 0 spiro atoms. The third-order valence-corrected chi connectivity index (χ3v) is 4.44. The first-order chi connectivity index (χ1) is 8.15. The third kappa shape index (κ3) is 2.63. The van der Waals surface area contributed by atoms with Gasteiger partial charge >= 0.3 is 5.97 Å². The van der Waals surface area contributed by atoms with Crippen LogP contribution in [0.3, 0.4) is 0 Å². The molecule has 0 unspecified atom stereocenters. The monoisotopic (exact) mass is 240 g/mol. The van der Waals surface area contributed by atoms with Crippen LogP contribution >= 0.6 is 0 Å².